The maximum Gasteiger partial charge on any atom is 0.0110 e. The highest BCUT2D eigenvalue weighted by atomic mass is 14.7. The lowest BCUT2D eigenvalue weighted by atomic mass is 9.73. The molecule has 21 heavy (non-hydrogen) atoms. The molecule has 112 valence electrons. The van der Waals surface area contributed by atoms with Gasteiger partial charge in [0.1, 0.15) is 0 Å². The summed E-state index contributed by atoms with van der Waals surface area (Å²) in [5, 5.41) is 2.65. The van der Waals surface area contributed by atoms with Gasteiger partial charge in [0, 0.05) is 6.04 Å². The Morgan fingerprint density at radius 1 is 1.05 bits per heavy atom. The summed E-state index contributed by atoms with van der Waals surface area (Å²) in [7, 11) is 0. The van der Waals surface area contributed by atoms with Crippen LogP contribution < -0.4 is 5.73 Å². The summed E-state index contributed by atoms with van der Waals surface area (Å²) in [5.41, 5.74) is 7.98. The summed E-state index contributed by atoms with van der Waals surface area (Å²) in [6.07, 6.45) is 7.78. The molecule has 0 radical (unpaired) electrons. The lowest BCUT2D eigenvalue weighted by molar-refractivity contribution is 0.195. The molecule has 0 aromatic heterocycles. The highest BCUT2D eigenvalue weighted by molar-refractivity contribution is 5.82. The van der Waals surface area contributed by atoms with Gasteiger partial charge < -0.3 is 5.73 Å². The van der Waals surface area contributed by atoms with Gasteiger partial charge in [-0.15, -0.1) is 0 Å². The molecule has 2 aromatic rings. The molecule has 3 unspecified atom stereocenters. The van der Waals surface area contributed by atoms with Crippen LogP contribution in [0.4, 0.5) is 0 Å². The van der Waals surface area contributed by atoms with Crippen LogP contribution in [0, 0.1) is 11.8 Å². The van der Waals surface area contributed by atoms with Gasteiger partial charge in [0.15, 0.2) is 0 Å². The first kappa shape index (κ1) is 14.6. The van der Waals surface area contributed by atoms with Gasteiger partial charge in [0.05, 0.1) is 0 Å². The molecule has 3 rings (SSSR count). The van der Waals surface area contributed by atoms with Gasteiger partial charge >= 0.3 is 0 Å². The van der Waals surface area contributed by atoms with Gasteiger partial charge in [-0.25, -0.2) is 0 Å². The van der Waals surface area contributed by atoms with Crippen molar-refractivity contribution in [2.45, 2.75) is 51.5 Å². The van der Waals surface area contributed by atoms with Crippen LogP contribution >= 0.6 is 0 Å². The van der Waals surface area contributed by atoms with Crippen LogP contribution in [0.3, 0.4) is 0 Å². The highest BCUT2D eigenvalue weighted by Crippen LogP contribution is 2.34. The van der Waals surface area contributed by atoms with Crippen molar-refractivity contribution in [3.8, 4) is 0 Å². The first-order valence-electron chi connectivity index (χ1n) is 8.51. The molecule has 0 spiro atoms. The molecule has 2 aromatic carbocycles. The fourth-order valence-electron chi connectivity index (χ4n) is 4.10. The summed E-state index contributed by atoms with van der Waals surface area (Å²) in [4.78, 5) is 0. The van der Waals surface area contributed by atoms with Gasteiger partial charge in [-0.3, -0.25) is 0 Å². The van der Waals surface area contributed by atoms with Crippen molar-refractivity contribution in [1.82, 2.24) is 0 Å². The summed E-state index contributed by atoms with van der Waals surface area (Å²) >= 11 is 0. The monoisotopic (exact) mass is 281 g/mol. The largest absolute Gasteiger partial charge is 0.327 e. The average molecular weight is 281 g/mol. The molecule has 1 heteroatoms. The molecule has 1 aliphatic carbocycles. The Morgan fingerprint density at radius 2 is 1.81 bits per heavy atom. The number of hydrogen-bond acceptors (Lipinski definition) is 1. The van der Waals surface area contributed by atoms with Crippen LogP contribution in [0.5, 0.6) is 0 Å². The van der Waals surface area contributed by atoms with E-state index in [9.17, 15) is 0 Å². The number of nitrogens with two attached hydrogens (primary N) is 1. The summed E-state index contributed by atoms with van der Waals surface area (Å²) in [6, 6.07) is 15.7. The standard InChI is InChI=1S/C20H27N/c1-2-16-7-5-6-10-19(16)20(21)14-15-11-12-17-8-3-4-9-18(17)13-15/h3-4,8-9,11-13,16,19-20H,2,5-7,10,14,21H2,1H3. The quantitative estimate of drug-likeness (QED) is 0.845. The summed E-state index contributed by atoms with van der Waals surface area (Å²) in [5.74, 6) is 1.56. The van der Waals surface area contributed by atoms with Crippen molar-refractivity contribution in [2.24, 2.45) is 17.6 Å². The number of rotatable bonds is 4. The maximum atomic E-state index is 6.59. The van der Waals surface area contributed by atoms with Crippen LogP contribution in [-0.4, -0.2) is 6.04 Å². The van der Waals surface area contributed by atoms with E-state index in [2.05, 4.69) is 49.4 Å². The summed E-state index contributed by atoms with van der Waals surface area (Å²) < 4.78 is 0. The van der Waals surface area contributed by atoms with Crippen molar-refractivity contribution in [2.75, 3.05) is 0 Å². The fraction of sp³-hybridized carbons (Fsp3) is 0.500. The van der Waals surface area contributed by atoms with Crippen LogP contribution in [0.15, 0.2) is 42.5 Å². The van der Waals surface area contributed by atoms with E-state index in [0.29, 0.717) is 6.04 Å². The van der Waals surface area contributed by atoms with E-state index < -0.39 is 0 Å². The Hall–Kier alpha value is -1.34. The third-order valence-corrected chi connectivity index (χ3v) is 5.33. The Balaban J connectivity index is 1.74. The van der Waals surface area contributed by atoms with E-state index in [1.165, 1.54) is 48.4 Å². The topological polar surface area (TPSA) is 26.0 Å². The molecule has 1 saturated carbocycles. The van der Waals surface area contributed by atoms with Gasteiger partial charge in [-0.05, 0) is 41.0 Å². The van der Waals surface area contributed by atoms with Crippen LogP contribution in [-0.2, 0) is 6.42 Å². The SMILES string of the molecule is CCC1CCCCC1C(N)Cc1ccc2ccccc2c1. The first-order valence-corrected chi connectivity index (χ1v) is 8.51. The zero-order valence-corrected chi connectivity index (χ0v) is 13.1. The fourth-order valence-corrected chi connectivity index (χ4v) is 4.10. The predicted molar refractivity (Wildman–Crippen MR) is 91.4 cm³/mol. The van der Waals surface area contributed by atoms with Crippen LogP contribution in [0.2, 0.25) is 0 Å². The third kappa shape index (κ3) is 3.29. The van der Waals surface area contributed by atoms with Crippen molar-refractivity contribution in [3.63, 3.8) is 0 Å². The van der Waals surface area contributed by atoms with Gasteiger partial charge in [0.25, 0.3) is 0 Å². The minimum Gasteiger partial charge on any atom is -0.327 e. The van der Waals surface area contributed by atoms with Crippen molar-refractivity contribution >= 4 is 10.8 Å². The smallest absolute Gasteiger partial charge is 0.0110 e. The number of hydrogen-bond donors (Lipinski definition) is 1. The maximum absolute atomic E-state index is 6.59. The van der Waals surface area contributed by atoms with Crippen molar-refractivity contribution < 1.29 is 0 Å². The zero-order chi connectivity index (χ0) is 14.7. The molecular formula is C20H27N. The molecule has 0 bridgehead atoms. The van der Waals surface area contributed by atoms with Crippen LogP contribution in [0.1, 0.15) is 44.6 Å². The molecule has 2 N–H and O–H groups in total. The van der Waals surface area contributed by atoms with Crippen molar-refractivity contribution in [1.29, 1.82) is 0 Å². The highest BCUT2D eigenvalue weighted by Gasteiger charge is 2.28. The zero-order valence-electron chi connectivity index (χ0n) is 13.1. The second kappa shape index (κ2) is 6.62. The average Bonchev–Trinajstić information content (AvgIpc) is 2.54. The number of fused-ring (bicyclic) bond motifs is 1. The van der Waals surface area contributed by atoms with Gasteiger partial charge in [-0.2, -0.15) is 0 Å². The predicted octanol–water partition coefficient (Wildman–Crippen LogP) is 4.93. The molecule has 0 aliphatic heterocycles. The summed E-state index contributed by atoms with van der Waals surface area (Å²) in [6.45, 7) is 2.33. The molecule has 1 aliphatic rings. The minimum absolute atomic E-state index is 0.316. The molecule has 0 amide bonds. The molecule has 0 saturated heterocycles. The molecular weight excluding hydrogens is 254 g/mol. The second-order valence-electron chi connectivity index (χ2n) is 6.67. The Morgan fingerprint density at radius 3 is 2.62 bits per heavy atom. The Bertz CT molecular complexity index is 589. The Kier molecular flexibility index (Phi) is 4.60. The first-order chi connectivity index (χ1) is 10.3. The van der Waals surface area contributed by atoms with Gasteiger partial charge in [0.2, 0.25) is 0 Å². The van der Waals surface area contributed by atoms with E-state index in [4.69, 9.17) is 5.73 Å². The van der Waals surface area contributed by atoms with Crippen LogP contribution in [0.25, 0.3) is 10.8 Å². The lowest BCUT2D eigenvalue weighted by Gasteiger charge is -2.35. The van der Waals surface area contributed by atoms with Crippen molar-refractivity contribution in [3.05, 3.63) is 48.0 Å². The van der Waals surface area contributed by atoms with E-state index in [-0.39, 0.29) is 0 Å². The Labute approximate surface area is 128 Å². The molecule has 1 fully saturated rings. The van der Waals surface area contributed by atoms with E-state index in [1.807, 2.05) is 0 Å². The molecule has 1 nitrogen and oxygen atoms in total. The number of benzene rings is 2. The molecule has 0 heterocycles. The minimum atomic E-state index is 0.316. The van der Waals surface area contributed by atoms with E-state index in [0.717, 1.165) is 18.3 Å². The third-order valence-electron chi connectivity index (χ3n) is 5.33. The van der Waals surface area contributed by atoms with Gasteiger partial charge in [-0.1, -0.05) is 75.1 Å². The molecule has 3 atom stereocenters. The van der Waals surface area contributed by atoms with E-state index >= 15 is 0 Å². The van der Waals surface area contributed by atoms with E-state index in [1.54, 1.807) is 0 Å². The normalized spacial score (nSPS) is 24.1. The second-order valence-corrected chi connectivity index (χ2v) is 6.67. The lowest BCUT2D eigenvalue weighted by Crippen LogP contribution is -2.38.